The molecule has 0 fully saturated rings. The average Bonchev–Trinajstić information content (AvgIpc) is 2.53. The third-order valence-corrected chi connectivity index (χ3v) is 4.93. The number of phenols is 2. The number of fused-ring (bicyclic) bond motifs is 2. The number of halogens is 1. The van der Waals surface area contributed by atoms with E-state index in [4.69, 9.17) is 0 Å². The molecule has 2 aliphatic rings. The normalized spacial score (nSPS) is 18.5. The lowest BCUT2D eigenvalue weighted by molar-refractivity contribution is 0.203. The van der Waals surface area contributed by atoms with Crippen LogP contribution in [0.2, 0.25) is 0 Å². The summed E-state index contributed by atoms with van der Waals surface area (Å²) in [5, 5.41) is 20.2. The zero-order valence-corrected chi connectivity index (χ0v) is 13.6. The van der Waals surface area contributed by atoms with Crippen LogP contribution in [-0.4, -0.2) is 28.2 Å². The van der Waals surface area contributed by atoms with E-state index in [2.05, 4.69) is 23.6 Å². The third kappa shape index (κ3) is 2.32. The summed E-state index contributed by atoms with van der Waals surface area (Å²) in [6.07, 6.45) is 3.83. The second-order valence-corrected chi connectivity index (χ2v) is 6.10. The lowest BCUT2D eigenvalue weighted by Gasteiger charge is -2.41. The van der Waals surface area contributed by atoms with Crippen LogP contribution >= 0.6 is 12.4 Å². The Morgan fingerprint density at radius 1 is 1.17 bits per heavy atom. The second-order valence-electron chi connectivity index (χ2n) is 6.10. The number of hydrogen-bond acceptors (Lipinski definition) is 3. The molecule has 3 nitrogen and oxygen atoms in total. The largest absolute Gasteiger partial charge is 0.504 e. The van der Waals surface area contributed by atoms with E-state index in [1.165, 1.54) is 11.1 Å². The summed E-state index contributed by atoms with van der Waals surface area (Å²) in [6, 6.07) is 10.1. The van der Waals surface area contributed by atoms with Gasteiger partial charge in [-0.3, -0.25) is 4.90 Å². The van der Waals surface area contributed by atoms with Crippen LogP contribution < -0.4 is 0 Å². The molecule has 2 aromatic rings. The highest BCUT2D eigenvalue weighted by Gasteiger charge is 2.35. The van der Waals surface area contributed by atoms with Gasteiger partial charge in [-0.2, -0.15) is 0 Å². The molecule has 0 amide bonds. The second kappa shape index (κ2) is 5.91. The SMILES string of the molecule is C=CCN1CCc2cccc3c2[C@H]1Cc1ccc(O)c(O)c1-3.Cl. The molecule has 1 aliphatic carbocycles. The van der Waals surface area contributed by atoms with Crippen molar-refractivity contribution in [2.45, 2.75) is 18.9 Å². The molecule has 1 atom stereocenters. The average molecular weight is 330 g/mol. The molecule has 0 saturated carbocycles. The number of rotatable bonds is 2. The van der Waals surface area contributed by atoms with Gasteiger partial charge in [0.1, 0.15) is 0 Å². The van der Waals surface area contributed by atoms with Gasteiger partial charge in [0.05, 0.1) is 0 Å². The highest BCUT2D eigenvalue weighted by Crippen LogP contribution is 2.50. The molecule has 0 unspecified atom stereocenters. The van der Waals surface area contributed by atoms with E-state index in [0.717, 1.165) is 42.6 Å². The van der Waals surface area contributed by atoms with Gasteiger partial charge in [0, 0.05) is 24.7 Å². The Labute approximate surface area is 142 Å². The van der Waals surface area contributed by atoms with E-state index < -0.39 is 0 Å². The molecule has 23 heavy (non-hydrogen) atoms. The van der Waals surface area contributed by atoms with Gasteiger partial charge in [-0.25, -0.2) is 0 Å². The zero-order valence-electron chi connectivity index (χ0n) is 12.8. The van der Waals surface area contributed by atoms with E-state index >= 15 is 0 Å². The fourth-order valence-corrected chi connectivity index (χ4v) is 3.96. The fraction of sp³-hybridized carbons (Fsp3) is 0.263. The minimum Gasteiger partial charge on any atom is -0.504 e. The van der Waals surface area contributed by atoms with Crippen molar-refractivity contribution in [2.75, 3.05) is 13.1 Å². The van der Waals surface area contributed by atoms with Gasteiger partial charge < -0.3 is 10.2 Å². The molecular weight excluding hydrogens is 310 g/mol. The fourth-order valence-electron chi connectivity index (χ4n) is 3.96. The lowest BCUT2D eigenvalue weighted by Crippen LogP contribution is -2.38. The van der Waals surface area contributed by atoms with E-state index in [0.29, 0.717) is 6.04 Å². The molecule has 1 aliphatic heterocycles. The van der Waals surface area contributed by atoms with Gasteiger partial charge in [0.2, 0.25) is 0 Å². The summed E-state index contributed by atoms with van der Waals surface area (Å²) in [7, 11) is 0. The number of aromatic hydroxyl groups is 2. The minimum atomic E-state index is -0.0476. The monoisotopic (exact) mass is 329 g/mol. The van der Waals surface area contributed by atoms with Gasteiger partial charge in [-0.15, -0.1) is 19.0 Å². The smallest absolute Gasteiger partial charge is 0.165 e. The van der Waals surface area contributed by atoms with Crippen LogP contribution in [0.1, 0.15) is 22.7 Å². The van der Waals surface area contributed by atoms with Crippen LogP contribution in [0.4, 0.5) is 0 Å². The maximum absolute atomic E-state index is 10.3. The molecule has 2 aromatic carbocycles. The summed E-state index contributed by atoms with van der Waals surface area (Å²) in [5.41, 5.74) is 5.63. The third-order valence-electron chi connectivity index (χ3n) is 4.93. The van der Waals surface area contributed by atoms with Crippen molar-refractivity contribution in [1.82, 2.24) is 4.90 Å². The van der Waals surface area contributed by atoms with E-state index in [1.54, 1.807) is 6.07 Å². The molecule has 4 heteroatoms. The van der Waals surface area contributed by atoms with E-state index in [1.807, 2.05) is 18.2 Å². The molecular formula is C19H20ClNO2. The Morgan fingerprint density at radius 3 is 2.78 bits per heavy atom. The Bertz CT molecular complexity index is 772. The van der Waals surface area contributed by atoms with Crippen LogP contribution in [-0.2, 0) is 12.8 Å². The number of phenolic OH excluding ortho intramolecular Hbond substituents is 2. The summed E-state index contributed by atoms with van der Waals surface area (Å²) < 4.78 is 0. The molecule has 0 aromatic heterocycles. The highest BCUT2D eigenvalue weighted by atomic mass is 35.5. The maximum atomic E-state index is 10.3. The van der Waals surface area contributed by atoms with Crippen molar-refractivity contribution in [3.63, 3.8) is 0 Å². The van der Waals surface area contributed by atoms with Crippen molar-refractivity contribution < 1.29 is 10.2 Å². The molecule has 0 radical (unpaired) electrons. The minimum absolute atomic E-state index is 0. The van der Waals surface area contributed by atoms with Gasteiger partial charge in [0.15, 0.2) is 11.5 Å². The van der Waals surface area contributed by atoms with Crippen molar-refractivity contribution >= 4 is 12.4 Å². The highest BCUT2D eigenvalue weighted by molar-refractivity contribution is 5.85. The summed E-state index contributed by atoms with van der Waals surface area (Å²) in [4.78, 5) is 2.45. The first-order chi connectivity index (χ1) is 10.7. The van der Waals surface area contributed by atoms with E-state index in [9.17, 15) is 10.2 Å². The summed E-state index contributed by atoms with van der Waals surface area (Å²) in [5.74, 6) is -0.0428. The Balaban J connectivity index is 0.00000156. The van der Waals surface area contributed by atoms with Crippen molar-refractivity contribution in [2.24, 2.45) is 0 Å². The summed E-state index contributed by atoms with van der Waals surface area (Å²) in [6.45, 7) is 5.78. The van der Waals surface area contributed by atoms with Crippen LogP contribution in [0.15, 0.2) is 43.0 Å². The quantitative estimate of drug-likeness (QED) is 0.650. The molecule has 0 spiro atoms. The topological polar surface area (TPSA) is 43.7 Å². The molecule has 120 valence electrons. The number of hydrogen-bond donors (Lipinski definition) is 2. The van der Waals surface area contributed by atoms with Crippen LogP contribution in [0, 0.1) is 0 Å². The Hall–Kier alpha value is -1.97. The molecule has 2 N–H and O–H groups in total. The van der Waals surface area contributed by atoms with Crippen LogP contribution in [0.5, 0.6) is 11.5 Å². The summed E-state index contributed by atoms with van der Waals surface area (Å²) >= 11 is 0. The predicted molar refractivity (Wildman–Crippen MR) is 94.4 cm³/mol. The molecule has 4 rings (SSSR count). The first-order valence-corrected chi connectivity index (χ1v) is 7.71. The Morgan fingerprint density at radius 2 is 2.00 bits per heavy atom. The van der Waals surface area contributed by atoms with Crippen molar-refractivity contribution in [3.8, 4) is 22.6 Å². The standard InChI is InChI=1S/C19H19NO2.ClH/c1-2-9-20-10-8-12-4-3-5-14-17(12)15(20)11-13-6-7-16(21)19(22)18(13)14;/h2-7,15,21-22H,1,8-11H2;1H/t15-;/m1./s1. The predicted octanol–water partition coefficient (Wildman–Crippen LogP) is 3.83. The van der Waals surface area contributed by atoms with Gasteiger partial charge in [0.25, 0.3) is 0 Å². The number of benzene rings is 2. The molecule has 1 heterocycles. The van der Waals surface area contributed by atoms with Gasteiger partial charge in [-0.1, -0.05) is 30.3 Å². The van der Waals surface area contributed by atoms with E-state index in [-0.39, 0.29) is 23.9 Å². The number of nitrogens with zero attached hydrogens (tertiary/aromatic N) is 1. The zero-order chi connectivity index (χ0) is 15.3. The maximum Gasteiger partial charge on any atom is 0.165 e. The molecule has 0 saturated heterocycles. The van der Waals surface area contributed by atoms with Crippen molar-refractivity contribution in [3.05, 3.63) is 59.7 Å². The first kappa shape index (κ1) is 15.9. The van der Waals surface area contributed by atoms with Gasteiger partial charge in [-0.05, 0) is 41.2 Å². The first-order valence-electron chi connectivity index (χ1n) is 7.71. The van der Waals surface area contributed by atoms with Gasteiger partial charge >= 0.3 is 0 Å². The van der Waals surface area contributed by atoms with Crippen LogP contribution in [0.25, 0.3) is 11.1 Å². The van der Waals surface area contributed by atoms with Crippen LogP contribution in [0.3, 0.4) is 0 Å². The lowest BCUT2D eigenvalue weighted by atomic mass is 9.76. The molecule has 0 bridgehead atoms. The Kier molecular flexibility index (Phi) is 4.09. The van der Waals surface area contributed by atoms with Crippen molar-refractivity contribution in [1.29, 1.82) is 0 Å².